The van der Waals surface area contributed by atoms with Crippen molar-refractivity contribution in [1.29, 1.82) is 0 Å². The highest BCUT2D eigenvalue weighted by Gasteiger charge is 1.86. The Hall–Kier alpha value is -1.35. The fourth-order valence-corrected chi connectivity index (χ4v) is 0.632. The van der Waals surface area contributed by atoms with Crippen LogP contribution in [0.4, 0.5) is 0 Å². The molecule has 0 radical (unpaired) electrons. The summed E-state index contributed by atoms with van der Waals surface area (Å²) in [6.45, 7) is 6.53. The topological polar surface area (TPSA) is 63.3 Å². The van der Waals surface area contributed by atoms with Crippen LogP contribution in [0.5, 0.6) is 5.75 Å². The minimum Gasteiger partial charge on any atom is -0.508 e. The number of benzene rings is 1. The van der Waals surface area contributed by atoms with Crippen molar-refractivity contribution >= 4 is 6.79 Å². The van der Waals surface area contributed by atoms with Crippen molar-refractivity contribution in [1.82, 2.24) is 0 Å². The second-order valence-corrected chi connectivity index (χ2v) is 1.87. The molecule has 0 aromatic heterocycles. The number of carbonyl (C=O) groups is 1. The van der Waals surface area contributed by atoms with E-state index in [-0.39, 0.29) is 5.75 Å². The van der Waals surface area contributed by atoms with Crippen molar-refractivity contribution in [2.45, 2.75) is 20.4 Å². The predicted octanol–water partition coefficient (Wildman–Crippen LogP) is 1.69. The van der Waals surface area contributed by atoms with Crippen LogP contribution < -0.4 is 5.73 Å². The zero-order valence-electron chi connectivity index (χ0n) is 8.16. The molecule has 0 atom stereocenters. The molecule has 1 aromatic rings. The summed E-state index contributed by atoms with van der Waals surface area (Å²) in [5, 5.41) is 8.81. The molecule has 0 heterocycles. The lowest BCUT2D eigenvalue weighted by Gasteiger charge is -1.93. The number of carbonyl (C=O) groups excluding carboxylic acids is 1. The standard InChI is InChI=1S/C7H9NO.C2H6.CH2O/c8-5-6-1-3-7(9)4-2-6;2*1-2/h1-4,9H,5,8H2;1-2H3;1H2. The Kier molecular flexibility index (Phi) is 11.6. The summed E-state index contributed by atoms with van der Waals surface area (Å²) in [6.07, 6.45) is 0. The molecule has 0 spiro atoms. The van der Waals surface area contributed by atoms with Crippen LogP contribution >= 0.6 is 0 Å². The van der Waals surface area contributed by atoms with Crippen molar-refractivity contribution in [3.8, 4) is 5.75 Å². The Labute approximate surface area is 79.2 Å². The number of rotatable bonds is 1. The normalized spacial score (nSPS) is 7.31. The molecule has 0 aliphatic rings. The van der Waals surface area contributed by atoms with Gasteiger partial charge in [0.05, 0.1) is 0 Å². The van der Waals surface area contributed by atoms with Gasteiger partial charge in [0, 0.05) is 6.54 Å². The van der Waals surface area contributed by atoms with Crippen LogP contribution in [0.15, 0.2) is 24.3 Å². The molecular weight excluding hydrogens is 166 g/mol. The third-order valence-corrected chi connectivity index (χ3v) is 1.17. The molecule has 0 fully saturated rings. The van der Waals surface area contributed by atoms with Crippen LogP contribution in [0.2, 0.25) is 0 Å². The van der Waals surface area contributed by atoms with E-state index in [0.29, 0.717) is 6.54 Å². The average molecular weight is 183 g/mol. The lowest BCUT2D eigenvalue weighted by molar-refractivity contribution is -0.0979. The van der Waals surface area contributed by atoms with Gasteiger partial charge in [0.15, 0.2) is 0 Å². The molecule has 1 aromatic carbocycles. The predicted molar refractivity (Wildman–Crippen MR) is 54.5 cm³/mol. The molecule has 1 rings (SSSR count). The quantitative estimate of drug-likeness (QED) is 0.696. The van der Waals surface area contributed by atoms with Gasteiger partial charge in [-0.15, -0.1) is 0 Å². The molecule has 3 nitrogen and oxygen atoms in total. The van der Waals surface area contributed by atoms with Crippen LogP contribution in [0, 0.1) is 0 Å². The molecule has 74 valence electrons. The minimum atomic E-state index is 0.284. The highest BCUT2D eigenvalue weighted by atomic mass is 16.3. The number of phenolic OH excluding ortho intramolecular Hbond substituents is 1. The molecule has 3 N–H and O–H groups in total. The molecule has 0 aliphatic heterocycles. The van der Waals surface area contributed by atoms with E-state index in [9.17, 15) is 0 Å². The number of nitrogens with two attached hydrogens (primary N) is 1. The molecule has 0 bridgehead atoms. The third-order valence-electron chi connectivity index (χ3n) is 1.17. The monoisotopic (exact) mass is 183 g/mol. The average Bonchev–Trinajstić information content (AvgIpc) is 2.25. The third kappa shape index (κ3) is 7.03. The Balaban J connectivity index is 0. The van der Waals surface area contributed by atoms with E-state index in [4.69, 9.17) is 15.6 Å². The Morgan fingerprint density at radius 3 is 1.92 bits per heavy atom. The van der Waals surface area contributed by atoms with Gasteiger partial charge in [-0.25, -0.2) is 0 Å². The maximum absolute atomic E-state index is 8.81. The summed E-state index contributed by atoms with van der Waals surface area (Å²) >= 11 is 0. The molecule has 0 saturated carbocycles. The summed E-state index contributed by atoms with van der Waals surface area (Å²) in [5.41, 5.74) is 6.35. The van der Waals surface area contributed by atoms with Gasteiger partial charge in [0.2, 0.25) is 0 Å². The lowest BCUT2D eigenvalue weighted by Crippen LogP contribution is -1.94. The lowest BCUT2D eigenvalue weighted by atomic mass is 10.2. The highest BCUT2D eigenvalue weighted by Crippen LogP contribution is 2.08. The molecule has 0 saturated heterocycles. The van der Waals surface area contributed by atoms with E-state index in [1.165, 1.54) is 0 Å². The summed E-state index contributed by atoms with van der Waals surface area (Å²) in [5.74, 6) is 0.284. The molecule has 0 amide bonds. The number of hydrogen-bond acceptors (Lipinski definition) is 3. The van der Waals surface area contributed by atoms with Crippen LogP contribution in [-0.4, -0.2) is 11.9 Å². The SMILES string of the molecule is C=O.CC.NCc1ccc(O)cc1. The molecular formula is C10H17NO2. The molecule has 13 heavy (non-hydrogen) atoms. The first-order valence-corrected chi connectivity index (χ1v) is 4.10. The largest absolute Gasteiger partial charge is 0.508 e. The second kappa shape index (κ2) is 10.7. The van der Waals surface area contributed by atoms with Crippen LogP contribution in [0.25, 0.3) is 0 Å². The van der Waals surface area contributed by atoms with Crippen molar-refractivity contribution in [3.63, 3.8) is 0 Å². The van der Waals surface area contributed by atoms with Crippen molar-refractivity contribution < 1.29 is 9.90 Å². The molecule has 0 aliphatic carbocycles. The van der Waals surface area contributed by atoms with E-state index in [1.807, 2.05) is 20.6 Å². The Morgan fingerprint density at radius 2 is 1.62 bits per heavy atom. The first-order valence-electron chi connectivity index (χ1n) is 4.10. The summed E-state index contributed by atoms with van der Waals surface area (Å²) < 4.78 is 0. The van der Waals surface area contributed by atoms with Crippen LogP contribution in [0.1, 0.15) is 19.4 Å². The van der Waals surface area contributed by atoms with Crippen molar-refractivity contribution in [2.24, 2.45) is 5.73 Å². The first kappa shape index (κ1) is 14.2. The van der Waals surface area contributed by atoms with Gasteiger partial charge in [0.25, 0.3) is 0 Å². The van der Waals surface area contributed by atoms with E-state index in [0.717, 1.165) is 5.56 Å². The number of phenols is 1. The van der Waals surface area contributed by atoms with Gasteiger partial charge < -0.3 is 15.6 Å². The van der Waals surface area contributed by atoms with Crippen LogP contribution in [-0.2, 0) is 11.3 Å². The maximum Gasteiger partial charge on any atom is 0.115 e. The van der Waals surface area contributed by atoms with E-state index >= 15 is 0 Å². The second-order valence-electron chi connectivity index (χ2n) is 1.87. The van der Waals surface area contributed by atoms with Gasteiger partial charge in [0.1, 0.15) is 12.5 Å². The fraction of sp³-hybridized carbons (Fsp3) is 0.300. The summed E-state index contributed by atoms with van der Waals surface area (Å²) in [4.78, 5) is 8.00. The number of hydrogen-bond donors (Lipinski definition) is 2. The summed E-state index contributed by atoms with van der Waals surface area (Å²) in [7, 11) is 0. The molecule has 3 heteroatoms. The zero-order valence-corrected chi connectivity index (χ0v) is 8.16. The fourth-order valence-electron chi connectivity index (χ4n) is 0.632. The van der Waals surface area contributed by atoms with E-state index < -0.39 is 0 Å². The smallest absolute Gasteiger partial charge is 0.115 e. The van der Waals surface area contributed by atoms with Gasteiger partial charge in [-0.3, -0.25) is 0 Å². The van der Waals surface area contributed by atoms with Crippen LogP contribution in [0.3, 0.4) is 0 Å². The van der Waals surface area contributed by atoms with Crippen molar-refractivity contribution in [2.75, 3.05) is 0 Å². The minimum absolute atomic E-state index is 0.284. The van der Waals surface area contributed by atoms with E-state index in [2.05, 4.69) is 0 Å². The first-order chi connectivity index (χ1) is 6.33. The Morgan fingerprint density at radius 1 is 1.23 bits per heavy atom. The van der Waals surface area contributed by atoms with Gasteiger partial charge >= 0.3 is 0 Å². The Bertz CT molecular complexity index is 197. The number of aromatic hydroxyl groups is 1. The van der Waals surface area contributed by atoms with Gasteiger partial charge in [-0.1, -0.05) is 26.0 Å². The van der Waals surface area contributed by atoms with Gasteiger partial charge in [-0.05, 0) is 17.7 Å². The summed E-state index contributed by atoms with van der Waals surface area (Å²) in [6, 6.07) is 6.86. The maximum atomic E-state index is 8.81. The zero-order chi connectivity index (χ0) is 10.7. The van der Waals surface area contributed by atoms with Crippen molar-refractivity contribution in [3.05, 3.63) is 29.8 Å². The van der Waals surface area contributed by atoms with E-state index in [1.54, 1.807) is 24.3 Å². The molecule has 0 unspecified atom stereocenters. The van der Waals surface area contributed by atoms with Gasteiger partial charge in [-0.2, -0.15) is 0 Å². The highest BCUT2D eigenvalue weighted by molar-refractivity contribution is 5.25.